The molecule has 0 aromatic carbocycles. The van der Waals surface area contributed by atoms with Crippen molar-refractivity contribution in [3.05, 3.63) is 11.8 Å². The van der Waals surface area contributed by atoms with E-state index in [0.717, 1.165) is 0 Å². The van der Waals surface area contributed by atoms with Gasteiger partial charge in [-0.15, -0.1) is 0 Å². The summed E-state index contributed by atoms with van der Waals surface area (Å²) in [6.07, 6.45) is 6.27. The minimum Gasteiger partial charge on any atom is -0.380 e. The van der Waals surface area contributed by atoms with E-state index in [1.54, 1.807) is 0 Å². The largest absolute Gasteiger partial charge is 0.380 e. The molecule has 0 aromatic heterocycles. The average molecular weight is 125 g/mol. The first kappa shape index (κ1) is 6.66. The molecule has 0 fully saturated rings. The Morgan fingerprint density at radius 3 is 3.00 bits per heavy atom. The third-order valence-electron chi connectivity index (χ3n) is 1.77. The quantitative estimate of drug-likeness (QED) is 0.478. The summed E-state index contributed by atoms with van der Waals surface area (Å²) < 4.78 is 0. The van der Waals surface area contributed by atoms with Gasteiger partial charge in [0.25, 0.3) is 0 Å². The van der Waals surface area contributed by atoms with E-state index in [4.69, 9.17) is 0 Å². The Hall–Kier alpha value is -0.460. The predicted molar refractivity (Wildman–Crippen MR) is 40.2 cm³/mol. The van der Waals surface area contributed by atoms with Crippen molar-refractivity contribution in [2.24, 2.45) is 0 Å². The van der Waals surface area contributed by atoms with E-state index in [0.29, 0.717) is 0 Å². The molecule has 0 bridgehead atoms. The Morgan fingerprint density at radius 1 is 1.44 bits per heavy atom. The van der Waals surface area contributed by atoms with Crippen LogP contribution in [0.2, 0.25) is 0 Å². The standard InChI is InChI=1S/C8H15N/c1-8-5-3-4-6-9(2)7-8/h7H,3-6H2,1-2H3. The fraction of sp³-hybridized carbons (Fsp3) is 0.750. The van der Waals surface area contributed by atoms with Crippen LogP contribution in [0.5, 0.6) is 0 Å². The van der Waals surface area contributed by atoms with Gasteiger partial charge in [-0.05, 0) is 32.4 Å². The Kier molecular flexibility index (Phi) is 2.15. The first-order valence-corrected chi connectivity index (χ1v) is 3.66. The van der Waals surface area contributed by atoms with Crippen LogP contribution >= 0.6 is 0 Å². The zero-order valence-electron chi connectivity index (χ0n) is 6.35. The summed E-state index contributed by atoms with van der Waals surface area (Å²) in [7, 11) is 2.15. The highest BCUT2D eigenvalue weighted by Gasteiger charge is 1.99. The summed E-state index contributed by atoms with van der Waals surface area (Å²) in [5, 5.41) is 0. The molecule has 0 atom stereocenters. The first-order chi connectivity index (χ1) is 4.29. The van der Waals surface area contributed by atoms with Crippen molar-refractivity contribution in [3.8, 4) is 0 Å². The van der Waals surface area contributed by atoms with Crippen LogP contribution in [0.25, 0.3) is 0 Å². The molecular weight excluding hydrogens is 110 g/mol. The van der Waals surface area contributed by atoms with Crippen LogP contribution in [-0.4, -0.2) is 18.5 Å². The molecule has 1 heteroatoms. The smallest absolute Gasteiger partial charge is 0.0169 e. The van der Waals surface area contributed by atoms with Crippen LogP contribution in [0.1, 0.15) is 26.2 Å². The highest BCUT2D eigenvalue weighted by Crippen LogP contribution is 2.11. The predicted octanol–water partition coefficient (Wildman–Crippen LogP) is 2.01. The molecule has 0 saturated heterocycles. The van der Waals surface area contributed by atoms with E-state index in [1.165, 1.54) is 31.4 Å². The summed E-state index contributed by atoms with van der Waals surface area (Å²) in [5.41, 5.74) is 1.52. The van der Waals surface area contributed by atoms with Gasteiger partial charge in [0.2, 0.25) is 0 Å². The maximum Gasteiger partial charge on any atom is 0.0169 e. The first-order valence-electron chi connectivity index (χ1n) is 3.66. The Bertz CT molecular complexity index is 116. The van der Waals surface area contributed by atoms with Gasteiger partial charge in [0.1, 0.15) is 0 Å². The molecular formula is C8H15N. The van der Waals surface area contributed by atoms with Gasteiger partial charge in [0.05, 0.1) is 0 Å². The van der Waals surface area contributed by atoms with Crippen molar-refractivity contribution in [2.75, 3.05) is 13.6 Å². The van der Waals surface area contributed by atoms with Crippen LogP contribution in [0.15, 0.2) is 11.8 Å². The Balaban J connectivity index is 2.49. The van der Waals surface area contributed by atoms with Crippen molar-refractivity contribution >= 4 is 0 Å². The normalized spacial score (nSPS) is 21.1. The van der Waals surface area contributed by atoms with Crippen molar-refractivity contribution < 1.29 is 0 Å². The molecule has 52 valence electrons. The number of hydrogen-bond acceptors (Lipinski definition) is 1. The fourth-order valence-electron chi connectivity index (χ4n) is 1.27. The maximum absolute atomic E-state index is 2.28. The molecule has 0 amide bonds. The van der Waals surface area contributed by atoms with Crippen LogP contribution < -0.4 is 0 Å². The monoisotopic (exact) mass is 125 g/mol. The van der Waals surface area contributed by atoms with Gasteiger partial charge in [-0.3, -0.25) is 0 Å². The van der Waals surface area contributed by atoms with Crippen LogP contribution in [0.4, 0.5) is 0 Å². The lowest BCUT2D eigenvalue weighted by Crippen LogP contribution is -2.10. The van der Waals surface area contributed by atoms with E-state index in [2.05, 4.69) is 25.1 Å². The number of hydrogen-bond donors (Lipinski definition) is 0. The molecule has 0 unspecified atom stereocenters. The lowest BCUT2D eigenvalue weighted by molar-refractivity contribution is 0.449. The van der Waals surface area contributed by atoms with Gasteiger partial charge < -0.3 is 4.90 Å². The van der Waals surface area contributed by atoms with Crippen LogP contribution in [0.3, 0.4) is 0 Å². The third-order valence-corrected chi connectivity index (χ3v) is 1.77. The summed E-state index contributed by atoms with van der Waals surface area (Å²) in [5.74, 6) is 0. The van der Waals surface area contributed by atoms with Gasteiger partial charge in [-0.2, -0.15) is 0 Å². The zero-order valence-corrected chi connectivity index (χ0v) is 6.35. The summed E-state index contributed by atoms with van der Waals surface area (Å²) in [6, 6.07) is 0. The SMILES string of the molecule is CC1=CN(C)CCCC1. The topological polar surface area (TPSA) is 3.24 Å². The Labute approximate surface area is 57.4 Å². The maximum atomic E-state index is 2.28. The van der Waals surface area contributed by atoms with E-state index >= 15 is 0 Å². The second-order valence-electron chi connectivity index (χ2n) is 2.91. The number of rotatable bonds is 0. The van der Waals surface area contributed by atoms with Gasteiger partial charge in [-0.1, -0.05) is 5.57 Å². The second kappa shape index (κ2) is 2.90. The molecule has 1 rings (SSSR count). The summed E-state index contributed by atoms with van der Waals surface area (Å²) in [4.78, 5) is 2.28. The lowest BCUT2D eigenvalue weighted by Gasteiger charge is -2.10. The highest BCUT2D eigenvalue weighted by molar-refractivity contribution is 4.98. The number of nitrogens with zero attached hydrogens (tertiary/aromatic N) is 1. The molecule has 1 heterocycles. The van der Waals surface area contributed by atoms with Crippen molar-refractivity contribution in [3.63, 3.8) is 0 Å². The van der Waals surface area contributed by atoms with Gasteiger partial charge in [-0.25, -0.2) is 0 Å². The molecule has 1 aliphatic rings. The Morgan fingerprint density at radius 2 is 2.22 bits per heavy atom. The van der Waals surface area contributed by atoms with Crippen molar-refractivity contribution in [1.29, 1.82) is 0 Å². The van der Waals surface area contributed by atoms with Crippen molar-refractivity contribution in [1.82, 2.24) is 4.90 Å². The summed E-state index contributed by atoms with van der Waals surface area (Å²) >= 11 is 0. The molecule has 0 saturated carbocycles. The molecule has 0 aromatic rings. The van der Waals surface area contributed by atoms with Crippen LogP contribution in [-0.2, 0) is 0 Å². The third kappa shape index (κ3) is 2.08. The highest BCUT2D eigenvalue weighted by atomic mass is 15.1. The number of allylic oxidation sites excluding steroid dienone is 1. The molecule has 9 heavy (non-hydrogen) atoms. The van der Waals surface area contributed by atoms with Gasteiger partial charge >= 0.3 is 0 Å². The van der Waals surface area contributed by atoms with E-state index in [1.807, 2.05) is 0 Å². The van der Waals surface area contributed by atoms with Crippen LogP contribution in [0, 0.1) is 0 Å². The van der Waals surface area contributed by atoms with E-state index in [9.17, 15) is 0 Å². The minimum atomic E-state index is 1.23. The van der Waals surface area contributed by atoms with Gasteiger partial charge in [0, 0.05) is 13.6 Å². The minimum absolute atomic E-state index is 1.23. The molecule has 0 aliphatic carbocycles. The van der Waals surface area contributed by atoms with E-state index in [-0.39, 0.29) is 0 Å². The van der Waals surface area contributed by atoms with Gasteiger partial charge in [0.15, 0.2) is 0 Å². The zero-order chi connectivity index (χ0) is 6.69. The molecule has 0 spiro atoms. The molecule has 0 radical (unpaired) electrons. The summed E-state index contributed by atoms with van der Waals surface area (Å²) in [6.45, 7) is 3.44. The second-order valence-corrected chi connectivity index (χ2v) is 2.91. The molecule has 1 nitrogen and oxygen atoms in total. The molecule has 0 N–H and O–H groups in total. The molecule has 1 aliphatic heterocycles. The fourth-order valence-corrected chi connectivity index (χ4v) is 1.27. The van der Waals surface area contributed by atoms with Crippen molar-refractivity contribution in [2.45, 2.75) is 26.2 Å². The average Bonchev–Trinajstić information content (AvgIpc) is 1.93. The lowest BCUT2D eigenvalue weighted by atomic mass is 10.2. The van der Waals surface area contributed by atoms with E-state index < -0.39 is 0 Å².